The van der Waals surface area contributed by atoms with E-state index in [1.165, 1.54) is 6.39 Å². The fourth-order valence-corrected chi connectivity index (χ4v) is 2.67. The summed E-state index contributed by atoms with van der Waals surface area (Å²) in [6.07, 6.45) is 4.97. The lowest BCUT2D eigenvalue weighted by Gasteiger charge is -2.12. The second-order valence-corrected chi connectivity index (χ2v) is 5.74. The van der Waals surface area contributed by atoms with Crippen molar-refractivity contribution in [1.82, 2.24) is 9.97 Å². The minimum atomic E-state index is -0.105. The number of hydrogen-bond acceptors (Lipinski definition) is 5. The molecule has 0 saturated heterocycles. The zero-order valence-corrected chi connectivity index (χ0v) is 14.0. The molecule has 1 aromatic carbocycles. The predicted octanol–water partition coefficient (Wildman–Crippen LogP) is 3.78. The van der Waals surface area contributed by atoms with Gasteiger partial charge in [0.15, 0.2) is 12.2 Å². The van der Waals surface area contributed by atoms with Gasteiger partial charge in [-0.2, -0.15) is 0 Å². The van der Waals surface area contributed by atoms with E-state index >= 15 is 0 Å². The highest BCUT2D eigenvalue weighted by molar-refractivity contribution is 5.92. The maximum absolute atomic E-state index is 5.96. The average molecular weight is 320 g/mol. The number of hydrogen-bond donors (Lipinski definition) is 1. The van der Waals surface area contributed by atoms with Crippen LogP contribution in [0.2, 0.25) is 0 Å². The summed E-state index contributed by atoms with van der Waals surface area (Å²) in [5.74, 6) is 0.707. The van der Waals surface area contributed by atoms with Gasteiger partial charge in [-0.15, -0.1) is 0 Å². The summed E-state index contributed by atoms with van der Waals surface area (Å²) in [6.45, 7) is 3.98. The molecule has 1 unspecified atom stereocenters. The Kier molecular flexibility index (Phi) is 4.53. The number of nitrogens with zero attached hydrogens (tertiary/aromatic N) is 3. The Bertz CT molecular complexity index is 867. The van der Waals surface area contributed by atoms with E-state index in [9.17, 15) is 0 Å². The lowest BCUT2D eigenvalue weighted by Crippen LogP contribution is -2.07. The van der Waals surface area contributed by atoms with Gasteiger partial charge >= 0.3 is 0 Å². The third-order valence-corrected chi connectivity index (χ3v) is 3.88. The topological polar surface area (TPSA) is 77.3 Å². The molecule has 1 atom stereocenters. The second kappa shape index (κ2) is 6.76. The Labute approximate surface area is 141 Å². The molecule has 0 aliphatic heterocycles. The molecule has 2 N–H and O–H groups in total. The van der Waals surface area contributed by atoms with E-state index in [2.05, 4.69) is 34.0 Å². The van der Waals surface area contributed by atoms with Crippen LogP contribution in [0.15, 0.2) is 52.3 Å². The van der Waals surface area contributed by atoms with E-state index in [-0.39, 0.29) is 6.04 Å². The normalized spacial score (nSPS) is 12.7. The number of pyridine rings is 1. The number of rotatable bonds is 4. The third kappa shape index (κ3) is 3.12. The van der Waals surface area contributed by atoms with Crippen LogP contribution in [0.25, 0.3) is 22.6 Å². The highest BCUT2D eigenvalue weighted by Crippen LogP contribution is 2.31. The molecule has 0 aliphatic rings. The minimum absolute atomic E-state index is 0.105. The van der Waals surface area contributed by atoms with Gasteiger partial charge in [0, 0.05) is 36.0 Å². The summed E-state index contributed by atoms with van der Waals surface area (Å²) in [7, 11) is 1.76. The summed E-state index contributed by atoms with van der Waals surface area (Å²) in [4.78, 5) is 12.9. The van der Waals surface area contributed by atoms with E-state index in [0.29, 0.717) is 5.76 Å². The van der Waals surface area contributed by atoms with Gasteiger partial charge in [0.25, 0.3) is 0 Å². The standard InChI is InChI=1S/C19H20N4O/c1-12-7-14(18-6-4-5-17(23-18)13(2)20)8-15(16(12)9-21-3)19-10-22-11-24-19/h4-11,13H,20H2,1-3H3. The van der Waals surface area contributed by atoms with Crippen LogP contribution in [0.3, 0.4) is 0 Å². The van der Waals surface area contributed by atoms with Crippen LogP contribution in [0.1, 0.15) is 29.8 Å². The molecule has 24 heavy (non-hydrogen) atoms. The van der Waals surface area contributed by atoms with Crippen molar-refractivity contribution in [2.75, 3.05) is 7.05 Å². The molecular formula is C19H20N4O. The monoisotopic (exact) mass is 320 g/mol. The number of aryl methyl sites for hydroxylation is 1. The molecule has 122 valence electrons. The molecular weight excluding hydrogens is 300 g/mol. The summed E-state index contributed by atoms with van der Waals surface area (Å²) in [5, 5.41) is 0. The first-order valence-corrected chi connectivity index (χ1v) is 7.78. The molecule has 3 aromatic rings. The fraction of sp³-hybridized carbons (Fsp3) is 0.211. The van der Waals surface area contributed by atoms with E-state index in [1.54, 1.807) is 13.2 Å². The first kappa shape index (κ1) is 16.1. The zero-order chi connectivity index (χ0) is 17.1. The van der Waals surface area contributed by atoms with E-state index in [0.717, 1.165) is 33.6 Å². The van der Waals surface area contributed by atoms with Crippen LogP contribution in [0, 0.1) is 6.92 Å². The maximum Gasteiger partial charge on any atom is 0.181 e. The third-order valence-electron chi connectivity index (χ3n) is 3.88. The quantitative estimate of drug-likeness (QED) is 0.742. The van der Waals surface area contributed by atoms with Crippen LogP contribution in [-0.2, 0) is 0 Å². The van der Waals surface area contributed by atoms with Gasteiger partial charge < -0.3 is 10.2 Å². The molecule has 0 saturated carbocycles. The largest absolute Gasteiger partial charge is 0.443 e. The van der Waals surface area contributed by atoms with Crippen molar-refractivity contribution >= 4 is 6.21 Å². The lowest BCUT2D eigenvalue weighted by molar-refractivity contribution is 0.572. The van der Waals surface area contributed by atoms with Crippen molar-refractivity contribution < 1.29 is 4.42 Å². The van der Waals surface area contributed by atoms with Gasteiger partial charge in [-0.1, -0.05) is 6.07 Å². The molecule has 5 heteroatoms. The number of nitrogens with two attached hydrogens (primary N) is 1. The Hall–Kier alpha value is -2.79. The van der Waals surface area contributed by atoms with Crippen LogP contribution in [-0.4, -0.2) is 23.2 Å². The Balaban J connectivity index is 2.19. The fourth-order valence-electron chi connectivity index (χ4n) is 2.67. The van der Waals surface area contributed by atoms with Crippen molar-refractivity contribution in [3.05, 3.63) is 59.7 Å². The van der Waals surface area contributed by atoms with Crippen LogP contribution < -0.4 is 5.73 Å². The minimum Gasteiger partial charge on any atom is -0.443 e. The second-order valence-electron chi connectivity index (χ2n) is 5.74. The van der Waals surface area contributed by atoms with Crippen LogP contribution in [0.4, 0.5) is 0 Å². The molecule has 0 amide bonds. The van der Waals surface area contributed by atoms with Crippen molar-refractivity contribution in [2.45, 2.75) is 19.9 Å². The summed E-state index contributed by atoms with van der Waals surface area (Å²) in [6, 6.07) is 9.95. The zero-order valence-electron chi connectivity index (χ0n) is 14.0. The summed E-state index contributed by atoms with van der Waals surface area (Å²) in [5.41, 5.74) is 11.8. The van der Waals surface area contributed by atoms with Gasteiger partial charge in [-0.3, -0.25) is 9.98 Å². The molecule has 0 bridgehead atoms. The van der Waals surface area contributed by atoms with E-state index in [1.807, 2.05) is 31.3 Å². The number of benzene rings is 1. The number of aromatic nitrogens is 2. The van der Waals surface area contributed by atoms with Crippen molar-refractivity contribution in [1.29, 1.82) is 0 Å². The van der Waals surface area contributed by atoms with Crippen molar-refractivity contribution in [3.8, 4) is 22.6 Å². The molecule has 0 radical (unpaired) electrons. The summed E-state index contributed by atoms with van der Waals surface area (Å²) >= 11 is 0. The maximum atomic E-state index is 5.96. The van der Waals surface area contributed by atoms with E-state index < -0.39 is 0 Å². The number of oxazole rings is 1. The number of aliphatic imine (C=N–C) groups is 1. The highest BCUT2D eigenvalue weighted by atomic mass is 16.3. The van der Waals surface area contributed by atoms with Gasteiger partial charge in [0.1, 0.15) is 0 Å². The highest BCUT2D eigenvalue weighted by Gasteiger charge is 2.13. The molecule has 2 aromatic heterocycles. The Morgan fingerprint density at radius 1 is 1.29 bits per heavy atom. The molecule has 3 rings (SSSR count). The molecule has 5 nitrogen and oxygen atoms in total. The summed E-state index contributed by atoms with van der Waals surface area (Å²) < 4.78 is 5.50. The molecule has 0 fully saturated rings. The first-order valence-electron chi connectivity index (χ1n) is 7.78. The Morgan fingerprint density at radius 2 is 2.12 bits per heavy atom. The lowest BCUT2D eigenvalue weighted by atomic mass is 9.96. The average Bonchev–Trinajstić information content (AvgIpc) is 3.11. The predicted molar refractivity (Wildman–Crippen MR) is 96.0 cm³/mol. The van der Waals surface area contributed by atoms with E-state index in [4.69, 9.17) is 10.2 Å². The smallest absolute Gasteiger partial charge is 0.181 e. The SMILES string of the molecule is CN=Cc1c(C)cc(-c2cccc(C(C)N)n2)cc1-c1cnco1. The van der Waals surface area contributed by atoms with Gasteiger partial charge in [-0.05, 0) is 43.7 Å². The van der Waals surface area contributed by atoms with Crippen LogP contribution in [0.5, 0.6) is 0 Å². The Morgan fingerprint density at radius 3 is 2.79 bits per heavy atom. The van der Waals surface area contributed by atoms with Crippen LogP contribution >= 0.6 is 0 Å². The molecule has 0 aliphatic carbocycles. The van der Waals surface area contributed by atoms with Gasteiger partial charge in [-0.25, -0.2) is 4.98 Å². The first-order chi connectivity index (χ1) is 11.6. The van der Waals surface area contributed by atoms with Gasteiger partial charge in [0.05, 0.1) is 17.6 Å². The molecule has 0 spiro atoms. The molecule has 2 heterocycles. The van der Waals surface area contributed by atoms with Gasteiger partial charge in [0.2, 0.25) is 0 Å². The van der Waals surface area contributed by atoms with Crippen molar-refractivity contribution in [2.24, 2.45) is 10.7 Å². The van der Waals surface area contributed by atoms with Crippen molar-refractivity contribution in [3.63, 3.8) is 0 Å².